The van der Waals surface area contributed by atoms with Gasteiger partial charge in [0.25, 0.3) is 5.91 Å². The Balaban J connectivity index is 2.27. The van der Waals surface area contributed by atoms with Gasteiger partial charge in [0, 0.05) is 32.7 Å². The van der Waals surface area contributed by atoms with Crippen LogP contribution in [0.2, 0.25) is 5.02 Å². The van der Waals surface area contributed by atoms with Crippen LogP contribution in [0.3, 0.4) is 0 Å². The third-order valence-corrected chi connectivity index (χ3v) is 3.74. The Hall–Kier alpha value is -2.08. The fourth-order valence-corrected chi connectivity index (χ4v) is 2.49. The van der Waals surface area contributed by atoms with Crippen molar-refractivity contribution in [2.45, 2.75) is 6.42 Å². The van der Waals surface area contributed by atoms with Crippen LogP contribution in [0.4, 0.5) is 5.69 Å². The summed E-state index contributed by atoms with van der Waals surface area (Å²) in [5.41, 5.74) is 6.16. The van der Waals surface area contributed by atoms with Crippen LogP contribution in [0.5, 0.6) is 0 Å². The molecule has 1 fully saturated rings. The normalized spacial score (nSPS) is 18.0. The first kappa shape index (κ1) is 15.3. The summed E-state index contributed by atoms with van der Waals surface area (Å²) in [6, 6.07) is 4.77. The van der Waals surface area contributed by atoms with E-state index >= 15 is 0 Å². The summed E-state index contributed by atoms with van der Waals surface area (Å²) in [6.07, 6.45) is 0.103. The molecule has 0 aliphatic carbocycles. The molecule has 0 radical (unpaired) electrons. The van der Waals surface area contributed by atoms with Gasteiger partial charge in [0.05, 0.1) is 16.5 Å². The van der Waals surface area contributed by atoms with Gasteiger partial charge in [-0.3, -0.25) is 14.4 Å². The molecule has 0 bridgehead atoms. The summed E-state index contributed by atoms with van der Waals surface area (Å²) in [4.78, 5) is 37.9. The molecule has 2 rings (SSSR count). The number of hydrogen-bond donors (Lipinski definition) is 1. The second-order valence-corrected chi connectivity index (χ2v) is 5.58. The van der Waals surface area contributed by atoms with Crippen molar-refractivity contribution >= 4 is 35.0 Å². The number of amides is 3. The van der Waals surface area contributed by atoms with Crippen molar-refractivity contribution < 1.29 is 14.4 Å². The Morgan fingerprint density at radius 3 is 2.52 bits per heavy atom. The van der Waals surface area contributed by atoms with Gasteiger partial charge in [0.2, 0.25) is 11.8 Å². The monoisotopic (exact) mass is 309 g/mol. The highest BCUT2D eigenvalue weighted by Gasteiger charge is 2.34. The van der Waals surface area contributed by atoms with Crippen molar-refractivity contribution in [3.63, 3.8) is 0 Å². The SMILES string of the molecule is CN(C)C(=O)c1ccc(N2CC(C(N)=O)CC2=O)cc1Cl. The van der Waals surface area contributed by atoms with E-state index in [1.54, 1.807) is 32.3 Å². The van der Waals surface area contributed by atoms with Gasteiger partial charge in [-0.15, -0.1) is 0 Å². The van der Waals surface area contributed by atoms with Crippen LogP contribution in [0, 0.1) is 5.92 Å². The molecular formula is C14H16ClN3O3. The summed E-state index contributed by atoms with van der Waals surface area (Å²) in [7, 11) is 3.27. The quantitative estimate of drug-likeness (QED) is 0.899. The Morgan fingerprint density at radius 1 is 1.38 bits per heavy atom. The summed E-state index contributed by atoms with van der Waals surface area (Å²) in [6.45, 7) is 0.242. The predicted octanol–water partition coefficient (Wildman–Crippen LogP) is 0.880. The highest BCUT2D eigenvalue weighted by Crippen LogP contribution is 2.29. The van der Waals surface area contributed by atoms with Crippen LogP contribution < -0.4 is 10.6 Å². The van der Waals surface area contributed by atoms with Crippen LogP contribution in [0.1, 0.15) is 16.8 Å². The topological polar surface area (TPSA) is 83.7 Å². The Labute approximate surface area is 127 Å². The van der Waals surface area contributed by atoms with E-state index in [0.717, 1.165) is 0 Å². The van der Waals surface area contributed by atoms with E-state index in [-0.39, 0.29) is 29.8 Å². The van der Waals surface area contributed by atoms with Gasteiger partial charge in [-0.25, -0.2) is 0 Å². The van der Waals surface area contributed by atoms with Crippen molar-refractivity contribution in [1.82, 2.24) is 4.90 Å². The molecule has 1 unspecified atom stereocenters. The van der Waals surface area contributed by atoms with Crippen LogP contribution >= 0.6 is 11.6 Å². The predicted molar refractivity (Wildman–Crippen MR) is 79.1 cm³/mol. The molecule has 1 saturated heterocycles. The van der Waals surface area contributed by atoms with Gasteiger partial charge >= 0.3 is 0 Å². The summed E-state index contributed by atoms with van der Waals surface area (Å²) < 4.78 is 0. The Bertz CT molecular complexity index is 615. The molecule has 1 aromatic rings. The average molecular weight is 310 g/mol. The standard InChI is InChI=1S/C14H16ClN3O3/c1-17(2)14(21)10-4-3-9(6-11(10)15)18-7-8(13(16)20)5-12(18)19/h3-4,6,8H,5,7H2,1-2H3,(H2,16,20). The number of anilines is 1. The number of carbonyl (C=O) groups is 3. The minimum Gasteiger partial charge on any atom is -0.369 e. The fourth-order valence-electron chi connectivity index (χ4n) is 2.23. The molecule has 3 amide bonds. The van der Waals surface area contributed by atoms with Crippen molar-refractivity contribution in [2.24, 2.45) is 11.7 Å². The van der Waals surface area contributed by atoms with E-state index in [2.05, 4.69) is 0 Å². The summed E-state index contributed by atoms with van der Waals surface area (Å²) in [5, 5.41) is 0.265. The lowest BCUT2D eigenvalue weighted by molar-refractivity contribution is -0.123. The van der Waals surface area contributed by atoms with Gasteiger partial charge in [-0.1, -0.05) is 11.6 Å². The maximum Gasteiger partial charge on any atom is 0.254 e. The van der Waals surface area contributed by atoms with E-state index < -0.39 is 11.8 Å². The first-order valence-electron chi connectivity index (χ1n) is 6.42. The van der Waals surface area contributed by atoms with E-state index in [4.69, 9.17) is 17.3 Å². The second-order valence-electron chi connectivity index (χ2n) is 5.17. The number of rotatable bonds is 3. The minimum absolute atomic E-state index is 0.103. The molecule has 0 spiro atoms. The average Bonchev–Trinajstić information content (AvgIpc) is 2.80. The molecule has 2 N–H and O–H groups in total. The number of nitrogens with two attached hydrogens (primary N) is 1. The zero-order chi connectivity index (χ0) is 15.7. The van der Waals surface area contributed by atoms with Crippen LogP contribution in [-0.4, -0.2) is 43.3 Å². The highest BCUT2D eigenvalue weighted by atomic mass is 35.5. The van der Waals surface area contributed by atoms with Crippen molar-refractivity contribution in [3.05, 3.63) is 28.8 Å². The van der Waals surface area contributed by atoms with E-state index in [0.29, 0.717) is 11.3 Å². The van der Waals surface area contributed by atoms with Crippen LogP contribution in [-0.2, 0) is 9.59 Å². The molecule has 112 valence electrons. The molecule has 6 nitrogen and oxygen atoms in total. The summed E-state index contributed by atoms with van der Waals surface area (Å²) >= 11 is 6.12. The molecule has 0 aromatic heterocycles. The van der Waals surface area contributed by atoms with Crippen molar-refractivity contribution in [3.8, 4) is 0 Å². The van der Waals surface area contributed by atoms with Gasteiger partial charge in [0.15, 0.2) is 0 Å². The van der Waals surface area contributed by atoms with Gasteiger partial charge in [-0.05, 0) is 18.2 Å². The maximum absolute atomic E-state index is 11.9. The molecule has 1 heterocycles. The first-order valence-corrected chi connectivity index (χ1v) is 6.80. The largest absolute Gasteiger partial charge is 0.369 e. The highest BCUT2D eigenvalue weighted by molar-refractivity contribution is 6.34. The first-order chi connectivity index (χ1) is 9.81. The number of primary amides is 1. The Morgan fingerprint density at radius 2 is 2.05 bits per heavy atom. The zero-order valence-corrected chi connectivity index (χ0v) is 12.6. The second kappa shape index (κ2) is 5.73. The number of halogens is 1. The lowest BCUT2D eigenvalue weighted by atomic mass is 10.1. The van der Waals surface area contributed by atoms with Gasteiger partial charge in [0.1, 0.15) is 0 Å². The third-order valence-electron chi connectivity index (χ3n) is 3.43. The molecule has 7 heteroatoms. The molecule has 0 saturated carbocycles. The van der Waals surface area contributed by atoms with E-state index in [1.165, 1.54) is 9.80 Å². The van der Waals surface area contributed by atoms with Gasteiger partial charge < -0.3 is 15.5 Å². The van der Waals surface area contributed by atoms with Crippen molar-refractivity contribution in [1.29, 1.82) is 0 Å². The smallest absolute Gasteiger partial charge is 0.254 e. The van der Waals surface area contributed by atoms with Crippen LogP contribution in [0.25, 0.3) is 0 Å². The lowest BCUT2D eigenvalue weighted by Crippen LogP contribution is -2.28. The number of hydrogen-bond acceptors (Lipinski definition) is 3. The molecular weight excluding hydrogens is 294 g/mol. The number of benzene rings is 1. The summed E-state index contributed by atoms with van der Waals surface area (Å²) in [5.74, 6) is -1.37. The van der Waals surface area contributed by atoms with Crippen LogP contribution in [0.15, 0.2) is 18.2 Å². The fraction of sp³-hybridized carbons (Fsp3) is 0.357. The van der Waals surface area contributed by atoms with E-state index in [1.807, 2.05) is 0 Å². The molecule has 1 aliphatic rings. The van der Waals surface area contributed by atoms with Crippen molar-refractivity contribution in [2.75, 3.05) is 25.5 Å². The Kier molecular flexibility index (Phi) is 4.18. The number of nitrogens with zero attached hydrogens (tertiary/aromatic N) is 2. The lowest BCUT2D eigenvalue weighted by Gasteiger charge is -2.18. The molecule has 21 heavy (non-hydrogen) atoms. The number of carbonyl (C=O) groups excluding carboxylic acids is 3. The zero-order valence-electron chi connectivity index (χ0n) is 11.8. The third kappa shape index (κ3) is 3.00. The minimum atomic E-state index is -0.489. The van der Waals surface area contributed by atoms with Gasteiger partial charge in [-0.2, -0.15) is 0 Å². The maximum atomic E-state index is 11.9. The molecule has 1 aromatic carbocycles. The molecule has 1 atom stereocenters. The molecule has 1 aliphatic heterocycles. The van der Waals surface area contributed by atoms with E-state index in [9.17, 15) is 14.4 Å².